The third-order valence-electron chi connectivity index (χ3n) is 4.84. The number of nitrogens with two attached hydrogens (primary N) is 1. The third-order valence-corrected chi connectivity index (χ3v) is 5.07. The first-order valence-electron chi connectivity index (χ1n) is 9.47. The molecule has 2 aromatic carbocycles. The number of aryl methyl sites for hydroxylation is 1. The van der Waals surface area contributed by atoms with E-state index in [1.54, 1.807) is 10.9 Å². The smallest absolute Gasteiger partial charge is 0.119 e. The first-order valence-corrected chi connectivity index (χ1v) is 9.92. The van der Waals surface area contributed by atoms with Crippen molar-refractivity contribution in [3.05, 3.63) is 78.1 Å². The second-order valence-corrected chi connectivity index (χ2v) is 7.60. The van der Waals surface area contributed by atoms with Crippen molar-refractivity contribution in [3.63, 3.8) is 0 Å². The summed E-state index contributed by atoms with van der Waals surface area (Å²) in [6, 6.07) is 19.1. The van der Waals surface area contributed by atoms with Crippen LogP contribution in [0.1, 0.15) is 11.1 Å². The van der Waals surface area contributed by atoms with Crippen LogP contribution < -0.4 is 15.8 Å². The summed E-state index contributed by atoms with van der Waals surface area (Å²) in [5.74, 6) is 0.914. The van der Waals surface area contributed by atoms with Crippen LogP contribution in [0.15, 0.2) is 71.9 Å². The standard InChI is InChI=1S/C18H22N2O.C4H6N2S/c19-9-10-21-17-8-4-7-16(11-17)18(13-20-14-18)12-15-5-2-1-3-6-15;1-6-3-4(7)2-5-6/h1-8,11,20H,9-10,12-14,19H2;2-3,7H,1H3. The molecule has 0 saturated carbocycles. The van der Waals surface area contributed by atoms with E-state index >= 15 is 0 Å². The minimum atomic E-state index is 0.184. The van der Waals surface area contributed by atoms with Crippen molar-refractivity contribution in [2.24, 2.45) is 12.8 Å². The van der Waals surface area contributed by atoms with E-state index in [1.165, 1.54) is 11.1 Å². The minimum Gasteiger partial charge on any atom is -0.492 e. The van der Waals surface area contributed by atoms with Crippen molar-refractivity contribution in [1.82, 2.24) is 15.1 Å². The first-order chi connectivity index (χ1) is 13.6. The Hall–Kier alpha value is -2.28. The van der Waals surface area contributed by atoms with Crippen molar-refractivity contribution in [1.29, 1.82) is 0 Å². The van der Waals surface area contributed by atoms with Crippen molar-refractivity contribution >= 4 is 12.6 Å². The summed E-state index contributed by atoms with van der Waals surface area (Å²) in [5.41, 5.74) is 8.42. The van der Waals surface area contributed by atoms with Crippen LogP contribution in [0.2, 0.25) is 0 Å². The molecule has 0 radical (unpaired) electrons. The summed E-state index contributed by atoms with van der Waals surface area (Å²) in [7, 11) is 1.86. The molecule has 1 saturated heterocycles. The van der Waals surface area contributed by atoms with E-state index in [2.05, 4.69) is 71.6 Å². The van der Waals surface area contributed by atoms with Gasteiger partial charge in [0.25, 0.3) is 0 Å². The van der Waals surface area contributed by atoms with Gasteiger partial charge in [0.1, 0.15) is 12.4 Å². The lowest BCUT2D eigenvalue weighted by Crippen LogP contribution is -2.58. The summed E-state index contributed by atoms with van der Waals surface area (Å²) in [5, 5.41) is 7.28. The monoisotopic (exact) mass is 396 g/mol. The Morgan fingerprint density at radius 2 is 1.96 bits per heavy atom. The number of nitrogens with one attached hydrogen (secondary N) is 1. The SMILES string of the molecule is Cn1cc(S)cn1.NCCOc1cccc(C2(Cc3ccccc3)CNC2)c1. The van der Waals surface area contributed by atoms with Gasteiger partial charge in [-0.2, -0.15) is 5.10 Å². The highest BCUT2D eigenvalue weighted by atomic mass is 32.1. The average Bonchev–Trinajstić information content (AvgIpc) is 3.07. The Morgan fingerprint density at radius 3 is 2.50 bits per heavy atom. The fourth-order valence-corrected chi connectivity index (χ4v) is 3.56. The maximum absolute atomic E-state index is 5.66. The van der Waals surface area contributed by atoms with Gasteiger partial charge >= 0.3 is 0 Å². The quantitative estimate of drug-likeness (QED) is 0.561. The molecule has 1 aliphatic heterocycles. The van der Waals surface area contributed by atoms with Gasteiger partial charge in [0.2, 0.25) is 0 Å². The molecule has 0 spiro atoms. The predicted molar refractivity (Wildman–Crippen MR) is 116 cm³/mol. The molecule has 0 unspecified atom stereocenters. The Morgan fingerprint density at radius 1 is 1.18 bits per heavy atom. The lowest BCUT2D eigenvalue weighted by molar-refractivity contribution is 0.272. The zero-order valence-electron chi connectivity index (χ0n) is 16.2. The molecule has 2 heterocycles. The molecule has 1 fully saturated rings. The maximum Gasteiger partial charge on any atom is 0.119 e. The zero-order chi connectivity index (χ0) is 19.8. The molecule has 0 amide bonds. The Bertz CT molecular complexity index is 845. The first kappa shape index (κ1) is 20.5. The van der Waals surface area contributed by atoms with Crippen molar-refractivity contribution in [3.8, 4) is 5.75 Å². The highest BCUT2D eigenvalue weighted by molar-refractivity contribution is 7.80. The molecule has 0 atom stereocenters. The number of thiol groups is 1. The molecular weight excluding hydrogens is 368 g/mol. The number of rotatable bonds is 6. The van der Waals surface area contributed by atoms with Crippen molar-refractivity contribution in [2.75, 3.05) is 26.2 Å². The molecule has 0 aliphatic carbocycles. The van der Waals surface area contributed by atoms with E-state index in [0.29, 0.717) is 13.2 Å². The van der Waals surface area contributed by atoms with E-state index in [1.807, 2.05) is 19.3 Å². The zero-order valence-corrected chi connectivity index (χ0v) is 17.1. The lowest BCUT2D eigenvalue weighted by atomic mass is 9.71. The lowest BCUT2D eigenvalue weighted by Gasteiger charge is -2.43. The summed E-state index contributed by atoms with van der Waals surface area (Å²) in [4.78, 5) is 0.905. The van der Waals surface area contributed by atoms with Gasteiger partial charge in [-0.25, -0.2) is 0 Å². The van der Waals surface area contributed by atoms with E-state index in [-0.39, 0.29) is 5.41 Å². The van der Waals surface area contributed by atoms with Crippen LogP contribution in [-0.2, 0) is 18.9 Å². The third kappa shape index (κ3) is 5.38. The fraction of sp³-hybridized carbons (Fsp3) is 0.318. The average molecular weight is 397 g/mol. The number of benzene rings is 2. The molecule has 5 nitrogen and oxygen atoms in total. The normalized spacial score (nSPS) is 14.5. The Kier molecular flexibility index (Phi) is 7.14. The van der Waals surface area contributed by atoms with Gasteiger partial charge in [-0.05, 0) is 29.7 Å². The molecule has 4 rings (SSSR count). The van der Waals surface area contributed by atoms with E-state index in [4.69, 9.17) is 10.5 Å². The molecule has 6 heteroatoms. The topological polar surface area (TPSA) is 65.1 Å². The van der Waals surface area contributed by atoms with Crippen LogP contribution in [0, 0.1) is 0 Å². The van der Waals surface area contributed by atoms with Gasteiger partial charge in [0, 0.05) is 43.2 Å². The highest BCUT2D eigenvalue weighted by Crippen LogP contribution is 2.34. The van der Waals surface area contributed by atoms with Crippen LogP contribution in [0.25, 0.3) is 0 Å². The van der Waals surface area contributed by atoms with Gasteiger partial charge in [-0.3, -0.25) is 4.68 Å². The molecule has 3 N–H and O–H groups in total. The van der Waals surface area contributed by atoms with Crippen LogP contribution in [-0.4, -0.2) is 36.0 Å². The fourth-order valence-electron chi connectivity index (χ4n) is 3.35. The van der Waals surface area contributed by atoms with Gasteiger partial charge in [-0.15, -0.1) is 12.6 Å². The molecule has 28 heavy (non-hydrogen) atoms. The van der Waals surface area contributed by atoms with Crippen LogP contribution in [0.4, 0.5) is 0 Å². The van der Waals surface area contributed by atoms with Crippen molar-refractivity contribution in [2.45, 2.75) is 16.7 Å². The predicted octanol–water partition coefficient (Wildman–Crippen LogP) is 2.82. The largest absolute Gasteiger partial charge is 0.492 e. The molecular formula is C22H28N4OS. The molecule has 0 bridgehead atoms. The maximum atomic E-state index is 5.66. The molecule has 148 valence electrons. The number of hydrogen-bond donors (Lipinski definition) is 3. The summed E-state index contributed by atoms with van der Waals surface area (Å²) >= 11 is 4.02. The van der Waals surface area contributed by atoms with E-state index in [0.717, 1.165) is 30.2 Å². The van der Waals surface area contributed by atoms with Gasteiger partial charge < -0.3 is 15.8 Å². The van der Waals surface area contributed by atoms with Crippen LogP contribution in [0.3, 0.4) is 0 Å². The molecule has 1 aliphatic rings. The van der Waals surface area contributed by atoms with Gasteiger partial charge in [-0.1, -0.05) is 42.5 Å². The second-order valence-electron chi connectivity index (χ2n) is 7.08. The number of hydrogen-bond acceptors (Lipinski definition) is 5. The number of ether oxygens (including phenoxy) is 1. The highest BCUT2D eigenvalue weighted by Gasteiger charge is 2.38. The van der Waals surface area contributed by atoms with Crippen LogP contribution in [0.5, 0.6) is 5.75 Å². The number of nitrogens with zero attached hydrogens (tertiary/aromatic N) is 2. The summed E-state index contributed by atoms with van der Waals surface area (Å²) in [6.07, 6.45) is 4.59. The van der Waals surface area contributed by atoms with Gasteiger partial charge in [0.05, 0.1) is 6.20 Å². The molecule has 3 aromatic rings. The Labute approximate surface area is 172 Å². The number of aromatic nitrogens is 2. The second kappa shape index (κ2) is 9.78. The van der Waals surface area contributed by atoms with E-state index < -0.39 is 0 Å². The summed E-state index contributed by atoms with van der Waals surface area (Å²) in [6.45, 7) is 3.14. The van der Waals surface area contributed by atoms with E-state index in [9.17, 15) is 0 Å². The minimum absolute atomic E-state index is 0.184. The summed E-state index contributed by atoms with van der Waals surface area (Å²) < 4.78 is 7.38. The van der Waals surface area contributed by atoms with Crippen molar-refractivity contribution < 1.29 is 4.74 Å². The molecule has 1 aromatic heterocycles. The van der Waals surface area contributed by atoms with Gasteiger partial charge in [0.15, 0.2) is 0 Å². The van der Waals surface area contributed by atoms with Crippen LogP contribution >= 0.6 is 12.6 Å². The Balaban J connectivity index is 0.000000271.